The van der Waals surface area contributed by atoms with Crippen LogP contribution in [0, 0.1) is 0 Å². The van der Waals surface area contributed by atoms with Gasteiger partial charge in [-0.1, -0.05) is 12.5 Å². The van der Waals surface area contributed by atoms with Crippen molar-refractivity contribution >= 4 is 23.4 Å². The molecule has 3 rings (SSSR count). The molecule has 0 unspecified atom stereocenters. The van der Waals surface area contributed by atoms with Crippen LogP contribution in [0.3, 0.4) is 0 Å². The number of nitrogens with zero attached hydrogens (tertiary/aromatic N) is 3. The number of amides is 3. The summed E-state index contributed by atoms with van der Waals surface area (Å²) in [5.74, 6) is -0.364. The predicted molar refractivity (Wildman–Crippen MR) is 121 cm³/mol. The summed E-state index contributed by atoms with van der Waals surface area (Å²) in [5, 5.41) is 5.97. The van der Waals surface area contributed by atoms with Gasteiger partial charge in [0.2, 0.25) is 11.8 Å². The molecule has 0 aromatic heterocycles. The van der Waals surface area contributed by atoms with E-state index in [0.29, 0.717) is 30.9 Å². The second-order valence-corrected chi connectivity index (χ2v) is 8.38. The summed E-state index contributed by atoms with van der Waals surface area (Å²) in [6, 6.07) is 6.92. The Hall–Kier alpha value is -2.45. The summed E-state index contributed by atoms with van der Waals surface area (Å²) >= 11 is 0. The van der Waals surface area contributed by atoms with Crippen molar-refractivity contribution in [2.45, 2.75) is 32.6 Å². The van der Waals surface area contributed by atoms with Crippen molar-refractivity contribution in [1.29, 1.82) is 0 Å². The zero-order chi connectivity index (χ0) is 22.1. The van der Waals surface area contributed by atoms with Crippen LogP contribution in [0.1, 0.15) is 43.0 Å². The van der Waals surface area contributed by atoms with Gasteiger partial charge in [0.05, 0.1) is 0 Å². The largest absolute Gasteiger partial charge is 0.339 e. The summed E-state index contributed by atoms with van der Waals surface area (Å²) in [7, 11) is 0. The van der Waals surface area contributed by atoms with Crippen molar-refractivity contribution in [2.24, 2.45) is 0 Å². The van der Waals surface area contributed by atoms with Gasteiger partial charge in [-0.25, -0.2) is 0 Å². The first kappa shape index (κ1) is 23.2. The predicted octanol–water partition coefficient (Wildman–Crippen LogP) is 1.40. The highest BCUT2D eigenvalue weighted by Crippen LogP contribution is 2.14. The molecule has 8 heteroatoms. The van der Waals surface area contributed by atoms with Crippen molar-refractivity contribution in [3.63, 3.8) is 0 Å². The summed E-state index contributed by atoms with van der Waals surface area (Å²) in [6.45, 7) is 8.16. The molecule has 2 aliphatic heterocycles. The highest BCUT2D eigenvalue weighted by Gasteiger charge is 2.23. The van der Waals surface area contributed by atoms with Crippen LogP contribution >= 0.6 is 0 Å². The van der Waals surface area contributed by atoms with E-state index in [1.165, 1.54) is 26.2 Å². The third-order valence-electron chi connectivity index (χ3n) is 5.86. The van der Waals surface area contributed by atoms with Crippen LogP contribution in [0.15, 0.2) is 24.3 Å². The first-order valence-corrected chi connectivity index (χ1v) is 11.4. The van der Waals surface area contributed by atoms with Crippen molar-refractivity contribution < 1.29 is 14.4 Å². The van der Waals surface area contributed by atoms with Gasteiger partial charge in [0.25, 0.3) is 5.91 Å². The number of hydrogen-bond donors (Lipinski definition) is 2. The van der Waals surface area contributed by atoms with Gasteiger partial charge in [-0.15, -0.1) is 0 Å². The highest BCUT2D eigenvalue weighted by molar-refractivity contribution is 5.98. The maximum absolute atomic E-state index is 13.3. The lowest BCUT2D eigenvalue weighted by atomic mass is 10.1. The Balaban J connectivity index is 1.66. The lowest BCUT2D eigenvalue weighted by molar-refractivity contribution is -0.132. The van der Waals surface area contributed by atoms with Crippen LogP contribution in [-0.2, 0) is 9.59 Å². The Morgan fingerprint density at radius 3 is 2.52 bits per heavy atom. The van der Waals surface area contributed by atoms with Crippen LogP contribution in [0.2, 0.25) is 0 Å². The van der Waals surface area contributed by atoms with Crippen LogP contribution in [0.25, 0.3) is 0 Å². The van der Waals surface area contributed by atoms with Crippen molar-refractivity contribution in [3.8, 4) is 0 Å². The van der Waals surface area contributed by atoms with Crippen molar-refractivity contribution in [3.05, 3.63) is 29.8 Å². The number of benzene rings is 1. The molecule has 2 heterocycles. The van der Waals surface area contributed by atoms with E-state index in [4.69, 9.17) is 0 Å². The number of piperazine rings is 1. The SMILES string of the molecule is CC(=O)Nc1cccc(C(=O)N(CCCN2CCCCC2)CC(=O)N2CCNCC2)c1. The third-order valence-corrected chi connectivity index (χ3v) is 5.86. The van der Waals surface area contributed by atoms with Gasteiger partial charge in [0, 0.05) is 50.9 Å². The Bertz CT molecular complexity index is 757. The molecular weight excluding hydrogens is 394 g/mol. The van der Waals surface area contributed by atoms with E-state index in [1.54, 1.807) is 29.2 Å². The fraction of sp³-hybridized carbons (Fsp3) is 0.609. The molecule has 170 valence electrons. The molecule has 0 radical (unpaired) electrons. The summed E-state index contributed by atoms with van der Waals surface area (Å²) in [5.41, 5.74) is 1.07. The normalized spacial score (nSPS) is 17.3. The van der Waals surface area contributed by atoms with E-state index in [0.717, 1.165) is 39.1 Å². The number of piperidine rings is 1. The molecule has 0 saturated carbocycles. The van der Waals surface area contributed by atoms with Gasteiger partial charge >= 0.3 is 0 Å². The van der Waals surface area contributed by atoms with Crippen LogP contribution in [-0.4, -0.2) is 91.3 Å². The fourth-order valence-corrected chi connectivity index (χ4v) is 4.21. The number of anilines is 1. The van der Waals surface area contributed by atoms with E-state index < -0.39 is 0 Å². The van der Waals surface area contributed by atoms with E-state index >= 15 is 0 Å². The quantitative estimate of drug-likeness (QED) is 0.653. The zero-order valence-electron chi connectivity index (χ0n) is 18.6. The molecule has 0 atom stereocenters. The van der Waals surface area contributed by atoms with Gasteiger partial charge in [-0.05, 0) is 57.1 Å². The average molecular weight is 430 g/mol. The first-order chi connectivity index (χ1) is 15.0. The monoisotopic (exact) mass is 429 g/mol. The Kier molecular flexibility index (Phi) is 8.85. The number of likely N-dealkylation sites (tertiary alicyclic amines) is 1. The molecule has 8 nitrogen and oxygen atoms in total. The van der Waals surface area contributed by atoms with Gasteiger partial charge in [-0.2, -0.15) is 0 Å². The van der Waals surface area contributed by atoms with Crippen LogP contribution < -0.4 is 10.6 Å². The molecule has 2 aliphatic rings. The number of nitrogens with one attached hydrogen (secondary N) is 2. The maximum Gasteiger partial charge on any atom is 0.254 e. The van der Waals surface area contributed by atoms with E-state index in [-0.39, 0.29) is 24.3 Å². The molecule has 1 aromatic rings. The van der Waals surface area contributed by atoms with Crippen molar-refractivity contribution in [1.82, 2.24) is 20.0 Å². The molecule has 1 aromatic carbocycles. The maximum atomic E-state index is 13.3. The molecule has 31 heavy (non-hydrogen) atoms. The van der Waals surface area contributed by atoms with E-state index in [2.05, 4.69) is 15.5 Å². The lowest BCUT2D eigenvalue weighted by Crippen LogP contribution is -2.50. The summed E-state index contributed by atoms with van der Waals surface area (Å²) < 4.78 is 0. The number of carbonyl (C=O) groups is 3. The molecule has 3 amide bonds. The second kappa shape index (κ2) is 11.8. The number of rotatable bonds is 8. The zero-order valence-corrected chi connectivity index (χ0v) is 18.6. The van der Waals surface area contributed by atoms with Gasteiger partial charge in [0.15, 0.2) is 0 Å². The Labute approximate surface area is 184 Å². The van der Waals surface area contributed by atoms with Crippen LogP contribution in [0.4, 0.5) is 5.69 Å². The molecule has 0 bridgehead atoms. The van der Waals surface area contributed by atoms with E-state index in [1.807, 2.05) is 4.90 Å². The average Bonchev–Trinajstić information content (AvgIpc) is 2.79. The molecule has 0 spiro atoms. The molecule has 2 fully saturated rings. The minimum Gasteiger partial charge on any atom is -0.339 e. The molecule has 2 saturated heterocycles. The number of carbonyl (C=O) groups excluding carboxylic acids is 3. The fourth-order valence-electron chi connectivity index (χ4n) is 4.21. The van der Waals surface area contributed by atoms with Crippen molar-refractivity contribution in [2.75, 3.05) is 64.2 Å². The first-order valence-electron chi connectivity index (χ1n) is 11.4. The van der Waals surface area contributed by atoms with Crippen LogP contribution in [0.5, 0.6) is 0 Å². The topological polar surface area (TPSA) is 85.0 Å². The second-order valence-electron chi connectivity index (χ2n) is 8.38. The minimum absolute atomic E-state index is 0.00848. The lowest BCUT2D eigenvalue weighted by Gasteiger charge is -2.31. The van der Waals surface area contributed by atoms with E-state index in [9.17, 15) is 14.4 Å². The Morgan fingerprint density at radius 2 is 1.81 bits per heavy atom. The third kappa shape index (κ3) is 7.33. The van der Waals surface area contributed by atoms with Gasteiger partial charge in [0.1, 0.15) is 6.54 Å². The van der Waals surface area contributed by atoms with Gasteiger partial charge < -0.3 is 25.3 Å². The Morgan fingerprint density at radius 1 is 1.06 bits per heavy atom. The highest BCUT2D eigenvalue weighted by atomic mass is 16.2. The molecular formula is C23H35N5O3. The standard InChI is InChI=1S/C23H35N5O3/c1-19(29)25-21-8-5-7-20(17-21)23(31)28(14-6-13-26-11-3-2-4-12-26)18-22(30)27-15-9-24-10-16-27/h5,7-8,17,24H,2-4,6,9-16,18H2,1H3,(H,25,29). The smallest absolute Gasteiger partial charge is 0.254 e. The molecule has 0 aliphatic carbocycles. The summed E-state index contributed by atoms with van der Waals surface area (Å²) in [4.78, 5) is 43.5. The minimum atomic E-state index is -0.183. The number of hydrogen-bond acceptors (Lipinski definition) is 5. The van der Waals surface area contributed by atoms with Gasteiger partial charge in [-0.3, -0.25) is 14.4 Å². The molecule has 2 N–H and O–H groups in total. The summed E-state index contributed by atoms with van der Waals surface area (Å²) in [6.07, 6.45) is 4.61.